The number of rotatable bonds is 6. The van der Waals surface area contributed by atoms with Gasteiger partial charge in [-0.05, 0) is 41.8 Å². The second-order valence-electron chi connectivity index (χ2n) is 4.28. The number of thiophene rings is 1. The second kappa shape index (κ2) is 6.74. The van der Waals surface area contributed by atoms with Gasteiger partial charge in [0.05, 0.1) is 10.7 Å². The molecule has 0 amide bonds. The highest BCUT2D eigenvalue weighted by Gasteiger charge is 2.18. The van der Waals surface area contributed by atoms with Gasteiger partial charge in [0.2, 0.25) is 0 Å². The summed E-state index contributed by atoms with van der Waals surface area (Å²) in [6.45, 7) is 3.37. The van der Waals surface area contributed by atoms with Crippen molar-refractivity contribution in [3.63, 3.8) is 0 Å². The Bertz CT molecular complexity index is 732. The van der Waals surface area contributed by atoms with Crippen LogP contribution in [0.4, 0.5) is 10.1 Å². The van der Waals surface area contributed by atoms with Crippen molar-refractivity contribution in [3.05, 3.63) is 46.0 Å². The minimum atomic E-state index is -3.77. The fraction of sp³-hybridized carbons (Fsp3) is 0.231. The number of anilines is 1. The molecule has 0 saturated carbocycles. The zero-order valence-corrected chi connectivity index (χ0v) is 13.6. The molecule has 2 aromatic rings. The molecule has 1 aromatic heterocycles. The van der Waals surface area contributed by atoms with Crippen molar-refractivity contribution in [2.45, 2.75) is 17.7 Å². The summed E-state index contributed by atoms with van der Waals surface area (Å²) in [4.78, 5) is 0. The number of sulfonamides is 1. The van der Waals surface area contributed by atoms with Crippen LogP contribution < -0.4 is 10.0 Å². The van der Waals surface area contributed by atoms with Crippen molar-refractivity contribution in [3.8, 4) is 0 Å². The smallest absolute Gasteiger partial charge is 0.271 e. The highest BCUT2D eigenvalue weighted by atomic mass is 35.5. The van der Waals surface area contributed by atoms with Gasteiger partial charge in [-0.2, -0.15) is 0 Å². The monoisotopic (exact) mass is 348 g/mol. The molecule has 0 atom stereocenters. The third kappa shape index (κ3) is 4.16. The summed E-state index contributed by atoms with van der Waals surface area (Å²) in [7, 11) is -3.77. The molecule has 114 valence electrons. The molecule has 1 aromatic carbocycles. The van der Waals surface area contributed by atoms with Crippen LogP contribution in [-0.4, -0.2) is 15.0 Å². The molecule has 0 bridgehead atoms. The normalized spacial score (nSPS) is 11.6. The Labute approximate surface area is 132 Å². The molecule has 0 saturated heterocycles. The van der Waals surface area contributed by atoms with Gasteiger partial charge in [0.1, 0.15) is 10.0 Å². The molecule has 2 N–H and O–H groups in total. The third-order valence-electron chi connectivity index (χ3n) is 2.65. The maximum Gasteiger partial charge on any atom is 0.271 e. The maximum atomic E-state index is 13.2. The fourth-order valence-corrected chi connectivity index (χ4v) is 4.13. The predicted molar refractivity (Wildman–Crippen MR) is 83.9 cm³/mol. The van der Waals surface area contributed by atoms with Gasteiger partial charge in [-0.1, -0.05) is 18.5 Å². The second-order valence-corrected chi connectivity index (χ2v) is 7.51. The van der Waals surface area contributed by atoms with Crippen LogP contribution in [0.25, 0.3) is 0 Å². The number of hydrogen-bond acceptors (Lipinski definition) is 4. The van der Waals surface area contributed by atoms with Gasteiger partial charge < -0.3 is 5.32 Å². The van der Waals surface area contributed by atoms with Crippen LogP contribution in [0.1, 0.15) is 12.5 Å². The summed E-state index contributed by atoms with van der Waals surface area (Å²) in [5, 5.41) is 5.03. The lowest BCUT2D eigenvalue weighted by Gasteiger charge is -2.08. The van der Waals surface area contributed by atoms with Crippen LogP contribution in [0.5, 0.6) is 0 Å². The minimum Gasteiger partial charge on any atom is -0.313 e. The molecule has 0 aliphatic rings. The Hall–Kier alpha value is -1.15. The lowest BCUT2D eigenvalue weighted by molar-refractivity contribution is 0.603. The predicted octanol–water partition coefficient (Wildman–Crippen LogP) is 3.45. The van der Waals surface area contributed by atoms with Crippen LogP contribution >= 0.6 is 22.9 Å². The van der Waals surface area contributed by atoms with E-state index >= 15 is 0 Å². The first kappa shape index (κ1) is 16.2. The molecular formula is C13H14ClFN2O2S2. The van der Waals surface area contributed by atoms with E-state index in [2.05, 4.69) is 10.0 Å². The zero-order valence-electron chi connectivity index (χ0n) is 11.2. The van der Waals surface area contributed by atoms with E-state index in [-0.39, 0.29) is 14.9 Å². The van der Waals surface area contributed by atoms with E-state index in [9.17, 15) is 12.8 Å². The fourth-order valence-electron chi connectivity index (χ4n) is 1.63. The first-order valence-corrected chi connectivity index (χ1v) is 8.92. The number of hydrogen-bond donors (Lipinski definition) is 2. The van der Waals surface area contributed by atoms with E-state index in [0.29, 0.717) is 6.54 Å². The highest BCUT2D eigenvalue weighted by Crippen LogP contribution is 2.27. The number of nitrogens with one attached hydrogen (secondary N) is 2. The van der Waals surface area contributed by atoms with Crippen molar-refractivity contribution in [2.75, 3.05) is 11.3 Å². The molecule has 8 heteroatoms. The molecule has 0 aliphatic carbocycles. The summed E-state index contributed by atoms with van der Waals surface area (Å²) < 4.78 is 40.1. The summed E-state index contributed by atoms with van der Waals surface area (Å²) in [5.41, 5.74) is 0.908. The van der Waals surface area contributed by atoms with Gasteiger partial charge in [-0.15, -0.1) is 11.3 Å². The van der Waals surface area contributed by atoms with E-state index in [0.717, 1.165) is 29.5 Å². The SMILES string of the molecule is CCNCc1csc(S(=O)(=O)Nc2cc(F)ccc2Cl)c1. The van der Waals surface area contributed by atoms with Gasteiger partial charge in [-0.25, -0.2) is 12.8 Å². The Morgan fingerprint density at radius 1 is 1.33 bits per heavy atom. The lowest BCUT2D eigenvalue weighted by Crippen LogP contribution is -2.13. The largest absolute Gasteiger partial charge is 0.313 e. The Balaban J connectivity index is 2.22. The lowest BCUT2D eigenvalue weighted by atomic mass is 10.3. The number of halogens is 2. The van der Waals surface area contributed by atoms with Crippen LogP contribution in [0.3, 0.4) is 0 Å². The first-order chi connectivity index (χ1) is 9.92. The van der Waals surface area contributed by atoms with Gasteiger partial charge in [0.25, 0.3) is 10.0 Å². The quantitative estimate of drug-likeness (QED) is 0.840. The van der Waals surface area contributed by atoms with Gasteiger partial charge in [0.15, 0.2) is 0 Å². The molecule has 0 unspecified atom stereocenters. The molecule has 0 spiro atoms. The van der Waals surface area contributed by atoms with E-state index in [1.54, 1.807) is 11.4 Å². The average molecular weight is 349 g/mol. The summed E-state index contributed by atoms with van der Waals surface area (Å²) in [5.74, 6) is -0.559. The third-order valence-corrected chi connectivity index (χ3v) is 5.83. The molecule has 2 rings (SSSR count). The maximum absolute atomic E-state index is 13.2. The van der Waals surface area contributed by atoms with Crippen molar-refractivity contribution < 1.29 is 12.8 Å². The first-order valence-electron chi connectivity index (χ1n) is 6.18. The Morgan fingerprint density at radius 3 is 2.81 bits per heavy atom. The summed E-state index contributed by atoms with van der Waals surface area (Å²) in [6.07, 6.45) is 0. The van der Waals surface area contributed by atoms with Crippen LogP contribution in [0.15, 0.2) is 33.9 Å². The molecule has 0 radical (unpaired) electrons. The van der Waals surface area contributed by atoms with Gasteiger partial charge >= 0.3 is 0 Å². The Kier molecular flexibility index (Phi) is 5.21. The molecule has 0 aliphatic heterocycles. The number of benzene rings is 1. The van der Waals surface area contributed by atoms with Crippen molar-refractivity contribution in [2.24, 2.45) is 0 Å². The van der Waals surface area contributed by atoms with Crippen molar-refractivity contribution in [1.82, 2.24) is 5.32 Å². The molecule has 21 heavy (non-hydrogen) atoms. The van der Waals surface area contributed by atoms with E-state index in [4.69, 9.17) is 11.6 Å². The molecule has 4 nitrogen and oxygen atoms in total. The van der Waals surface area contributed by atoms with Crippen molar-refractivity contribution >= 4 is 38.6 Å². The molecule has 1 heterocycles. The average Bonchev–Trinajstić information content (AvgIpc) is 2.90. The van der Waals surface area contributed by atoms with Crippen LogP contribution in [0, 0.1) is 5.82 Å². The van der Waals surface area contributed by atoms with Crippen LogP contribution in [0.2, 0.25) is 5.02 Å². The molecule has 0 fully saturated rings. The highest BCUT2D eigenvalue weighted by molar-refractivity contribution is 7.94. The van der Waals surface area contributed by atoms with Gasteiger partial charge in [0, 0.05) is 6.54 Å². The summed E-state index contributed by atoms with van der Waals surface area (Å²) in [6, 6.07) is 5.11. The minimum absolute atomic E-state index is 0.0262. The van der Waals surface area contributed by atoms with E-state index in [1.807, 2.05) is 6.92 Å². The topological polar surface area (TPSA) is 58.2 Å². The van der Waals surface area contributed by atoms with Crippen LogP contribution in [-0.2, 0) is 16.6 Å². The molecular weight excluding hydrogens is 335 g/mol. The zero-order chi connectivity index (χ0) is 15.5. The summed E-state index contributed by atoms with van der Waals surface area (Å²) >= 11 is 6.97. The Morgan fingerprint density at radius 2 is 2.10 bits per heavy atom. The standard InChI is InChI=1S/C13H14ClFN2O2S2/c1-2-16-7-9-5-13(20-8-9)21(18,19)17-12-6-10(15)3-4-11(12)14/h3-6,8,16-17H,2,7H2,1H3. The van der Waals surface area contributed by atoms with Gasteiger partial charge in [-0.3, -0.25) is 4.72 Å². The van der Waals surface area contributed by atoms with Crippen molar-refractivity contribution in [1.29, 1.82) is 0 Å². The van der Waals surface area contributed by atoms with E-state index < -0.39 is 15.8 Å². The van der Waals surface area contributed by atoms with E-state index in [1.165, 1.54) is 12.1 Å².